The lowest BCUT2D eigenvalue weighted by molar-refractivity contribution is 0.105. The topological polar surface area (TPSA) is 86.6 Å². The van der Waals surface area contributed by atoms with E-state index in [4.69, 9.17) is 23.2 Å². The molecule has 0 saturated heterocycles. The van der Waals surface area contributed by atoms with Gasteiger partial charge in [0.2, 0.25) is 10.0 Å². The highest BCUT2D eigenvalue weighted by Gasteiger charge is 2.34. The summed E-state index contributed by atoms with van der Waals surface area (Å²) in [5.41, 5.74) is -1.31. The van der Waals surface area contributed by atoms with Gasteiger partial charge in [-0.3, -0.25) is 0 Å². The summed E-state index contributed by atoms with van der Waals surface area (Å²) in [4.78, 5) is -0.154. The van der Waals surface area contributed by atoms with Gasteiger partial charge >= 0.3 is 0 Å². The molecule has 0 aliphatic heterocycles. The Balaban J connectivity index is 3.12. The Hall–Kier alpha value is 0.110. The Bertz CT molecular complexity index is 502. The number of hydrogen-bond donors (Lipinski definition) is 3. The van der Waals surface area contributed by atoms with E-state index in [1.54, 1.807) is 6.92 Å². The average molecular weight is 334 g/mol. The van der Waals surface area contributed by atoms with Crippen LogP contribution in [0.1, 0.15) is 13.3 Å². The van der Waals surface area contributed by atoms with E-state index in [0.29, 0.717) is 0 Å². The predicted octanol–water partition coefficient (Wildman–Crippen LogP) is 1.47. The highest BCUT2D eigenvalue weighted by atomic mass is 35.5. The lowest BCUT2D eigenvalue weighted by atomic mass is 10.0. The highest BCUT2D eigenvalue weighted by molar-refractivity contribution is 7.89. The molecule has 0 atom stereocenters. The maximum absolute atomic E-state index is 12.1. The van der Waals surface area contributed by atoms with Crippen LogP contribution in [0.2, 0.25) is 8.67 Å². The van der Waals surface area contributed by atoms with Crippen molar-refractivity contribution < 1.29 is 18.6 Å². The fraction of sp³-hybridized carbons (Fsp3) is 0.556. The van der Waals surface area contributed by atoms with Crippen molar-refractivity contribution in [3.8, 4) is 0 Å². The zero-order valence-electron chi connectivity index (χ0n) is 9.48. The number of sulfonamides is 1. The van der Waals surface area contributed by atoms with E-state index < -0.39 is 28.8 Å². The van der Waals surface area contributed by atoms with Crippen molar-refractivity contribution in [3.63, 3.8) is 0 Å². The quantitative estimate of drug-likeness (QED) is 0.735. The summed E-state index contributed by atoms with van der Waals surface area (Å²) in [7, 11) is -3.94. The summed E-state index contributed by atoms with van der Waals surface area (Å²) in [5, 5.41) is 18.4. The second-order valence-electron chi connectivity index (χ2n) is 3.74. The molecule has 1 aromatic heterocycles. The van der Waals surface area contributed by atoms with Crippen LogP contribution in [0.25, 0.3) is 0 Å². The molecule has 18 heavy (non-hydrogen) atoms. The zero-order valence-corrected chi connectivity index (χ0v) is 12.6. The van der Waals surface area contributed by atoms with Crippen LogP contribution in [0.4, 0.5) is 0 Å². The first-order chi connectivity index (χ1) is 8.30. The van der Waals surface area contributed by atoms with E-state index in [1.165, 1.54) is 6.07 Å². The molecule has 0 bridgehead atoms. The van der Waals surface area contributed by atoms with Crippen LogP contribution < -0.4 is 4.72 Å². The van der Waals surface area contributed by atoms with Crippen molar-refractivity contribution in [1.29, 1.82) is 0 Å². The van der Waals surface area contributed by atoms with Gasteiger partial charge in [0.05, 0.1) is 23.1 Å². The molecule has 0 saturated carbocycles. The summed E-state index contributed by atoms with van der Waals surface area (Å²) >= 11 is 12.4. The van der Waals surface area contributed by atoms with Gasteiger partial charge < -0.3 is 10.2 Å². The molecule has 0 aromatic carbocycles. The van der Waals surface area contributed by atoms with Crippen molar-refractivity contribution in [2.75, 3.05) is 13.2 Å². The molecule has 0 radical (unpaired) electrons. The third kappa shape index (κ3) is 3.36. The zero-order chi connectivity index (χ0) is 14.0. The highest BCUT2D eigenvalue weighted by Crippen LogP contribution is 2.34. The first-order valence-electron chi connectivity index (χ1n) is 5.01. The van der Waals surface area contributed by atoms with Crippen molar-refractivity contribution in [2.45, 2.75) is 23.8 Å². The summed E-state index contributed by atoms with van der Waals surface area (Å²) < 4.78 is 26.7. The van der Waals surface area contributed by atoms with E-state index in [-0.39, 0.29) is 20.0 Å². The molecule has 0 aliphatic carbocycles. The van der Waals surface area contributed by atoms with E-state index >= 15 is 0 Å². The third-order valence-electron chi connectivity index (χ3n) is 2.55. The first kappa shape index (κ1) is 16.2. The molecule has 3 N–H and O–H groups in total. The SMILES string of the molecule is CCC(CO)(CO)NS(=O)(=O)c1cc(Cl)sc1Cl. The molecule has 0 unspecified atom stereocenters. The van der Waals surface area contributed by atoms with Gasteiger partial charge in [0, 0.05) is 0 Å². The molecule has 104 valence electrons. The molecule has 1 heterocycles. The van der Waals surface area contributed by atoms with Crippen LogP contribution in [0.5, 0.6) is 0 Å². The van der Waals surface area contributed by atoms with Gasteiger partial charge in [0.1, 0.15) is 9.23 Å². The smallest absolute Gasteiger partial charge is 0.243 e. The van der Waals surface area contributed by atoms with Gasteiger partial charge in [-0.05, 0) is 12.5 Å². The Morgan fingerprint density at radius 1 is 1.39 bits per heavy atom. The fourth-order valence-corrected chi connectivity index (χ4v) is 4.87. The maximum atomic E-state index is 12.1. The van der Waals surface area contributed by atoms with Crippen LogP contribution >= 0.6 is 34.5 Å². The van der Waals surface area contributed by atoms with Gasteiger partial charge in [-0.1, -0.05) is 30.1 Å². The van der Waals surface area contributed by atoms with E-state index in [1.807, 2.05) is 0 Å². The normalized spacial score (nSPS) is 12.9. The minimum absolute atomic E-state index is 0.0355. The molecule has 9 heteroatoms. The largest absolute Gasteiger partial charge is 0.394 e. The Kier molecular flexibility index (Phi) is 5.43. The number of hydrogen-bond acceptors (Lipinski definition) is 5. The van der Waals surface area contributed by atoms with Crippen molar-refractivity contribution in [3.05, 3.63) is 14.7 Å². The van der Waals surface area contributed by atoms with Crippen molar-refractivity contribution >= 4 is 44.6 Å². The lowest BCUT2D eigenvalue weighted by Crippen LogP contribution is -2.53. The summed E-state index contributed by atoms with van der Waals surface area (Å²) in [5.74, 6) is 0. The van der Waals surface area contributed by atoms with Crippen LogP contribution in [0.3, 0.4) is 0 Å². The number of thiophene rings is 1. The van der Waals surface area contributed by atoms with Gasteiger partial charge in [0.15, 0.2) is 0 Å². The number of aliphatic hydroxyl groups is 2. The first-order valence-corrected chi connectivity index (χ1v) is 8.06. The molecule has 1 rings (SSSR count). The molecule has 5 nitrogen and oxygen atoms in total. The van der Waals surface area contributed by atoms with Crippen LogP contribution in [-0.2, 0) is 10.0 Å². The van der Waals surface area contributed by atoms with Crippen LogP contribution in [-0.4, -0.2) is 37.4 Å². The molecular weight excluding hydrogens is 321 g/mol. The van der Waals surface area contributed by atoms with Crippen molar-refractivity contribution in [2.24, 2.45) is 0 Å². The number of rotatable bonds is 6. The Morgan fingerprint density at radius 3 is 2.28 bits per heavy atom. The Labute approximate surface area is 119 Å². The molecule has 0 amide bonds. The molecular formula is C9H13Cl2NO4S2. The lowest BCUT2D eigenvalue weighted by Gasteiger charge is -2.29. The monoisotopic (exact) mass is 333 g/mol. The minimum Gasteiger partial charge on any atom is -0.394 e. The molecule has 0 aliphatic rings. The van der Waals surface area contributed by atoms with Gasteiger partial charge in [-0.25, -0.2) is 13.1 Å². The second kappa shape index (κ2) is 6.04. The maximum Gasteiger partial charge on any atom is 0.243 e. The number of nitrogens with one attached hydrogen (secondary N) is 1. The standard InChI is InChI=1S/C9H13Cl2NO4S2/c1-2-9(4-13,5-14)12-18(15,16)6-3-7(10)17-8(6)11/h3,12-14H,2,4-5H2,1H3. The van der Waals surface area contributed by atoms with E-state index in [0.717, 1.165) is 11.3 Å². The third-order valence-corrected chi connectivity index (χ3v) is 5.88. The second-order valence-corrected chi connectivity index (χ2v) is 7.68. The van der Waals surface area contributed by atoms with Gasteiger partial charge in [-0.2, -0.15) is 0 Å². The van der Waals surface area contributed by atoms with Crippen LogP contribution in [0, 0.1) is 0 Å². The summed E-state index contributed by atoms with van der Waals surface area (Å²) in [6.07, 6.45) is 0.231. The minimum atomic E-state index is -3.94. The van der Waals surface area contributed by atoms with Gasteiger partial charge in [0.25, 0.3) is 0 Å². The van der Waals surface area contributed by atoms with Gasteiger partial charge in [-0.15, -0.1) is 11.3 Å². The van der Waals surface area contributed by atoms with E-state index in [2.05, 4.69) is 4.72 Å². The molecule has 0 fully saturated rings. The van der Waals surface area contributed by atoms with E-state index in [9.17, 15) is 18.6 Å². The average Bonchev–Trinajstić information content (AvgIpc) is 2.66. The predicted molar refractivity (Wildman–Crippen MR) is 71.9 cm³/mol. The van der Waals surface area contributed by atoms with Crippen molar-refractivity contribution in [1.82, 2.24) is 4.72 Å². The number of halogens is 2. The molecule has 1 aromatic rings. The summed E-state index contributed by atoms with van der Waals surface area (Å²) in [6.45, 7) is 0.612. The molecule has 0 spiro atoms. The van der Waals surface area contributed by atoms with Crippen LogP contribution in [0.15, 0.2) is 11.0 Å². The Morgan fingerprint density at radius 2 is 1.94 bits per heavy atom. The number of aliphatic hydroxyl groups excluding tert-OH is 2. The summed E-state index contributed by atoms with van der Waals surface area (Å²) in [6, 6.07) is 1.23. The fourth-order valence-electron chi connectivity index (χ4n) is 1.26.